The van der Waals surface area contributed by atoms with Gasteiger partial charge in [-0.1, -0.05) is 9.24 Å². The Morgan fingerprint density at radius 1 is 1.13 bits per heavy atom. The second-order valence-corrected chi connectivity index (χ2v) is 3.07. The molecule has 1 rings (SSSR count). The first-order chi connectivity index (χ1) is 6.95. The molecule has 0 radical (unpaired) electrons. The minimum Gasteiger partial charge on any atom is -0.289 e. The molecule has 78 valence electrons. The van der Waals surface area contributed by atoms with Gasteiger partial charge in [0, 0.05) is 12.1 Å². The molecule has 0 aliphatic carbocycles. The highest BCUT2D eigenvalue weighted by molar-refractivity contribution is 7.41. The van der Waals surface area contributed by atoms with Crippen LogP contribution in [0.3, 0.4) is 0 Å². The van der Waals surface area contributed by atoms with Gasteiger partial charge in [-0.05, 0) is 6.07 Å². The van der Waals surface area contributed by atoms with Crippen molar-refractivity contribution in [2.75, 3.05) is 0 Å². The first-order valence-electron chi connectivity index (χ1n) is 3.66. The van der Waals surface area contributed by atoms with Gasteiger partial charge in [0.15, 0.2) is 11.1 Å². The standard InChI is InChI=1S/C7H5N2O5P/c10-7(15)6-4(8(11)12)2-1-3-5(6)9(13)14/h1-3H,15H2. The first-order valence-corrected chi connectivity index (χ1v) is 4.24. The normalized spacial score (nSPS) is 9.67. The predicted molar refractivity (Wildman–Crippen MR) is 53.8 cm³/mol. The lowest BCUT2D eigenvalue weighted by Crippen LogP contribution is -2.02. The van der Waals surface area contributed by atoms with E-state index in [-0.39, 0.29) is 0 Å². The Bertz CT molecular complexity index is 426. The number of hydrogen-bond acceptors (Lipinski definition) is 5. The van der Waals surface area contributed by atoms with Gasteiger partial charge in [-0.25, -0.2) is 0 Å². The van der Waals surface area contributed by atoms with E-state index < -0.39 is 32.3 Å². The van der Waals surface area contributed by atoms with Crippen molar-refractivity contribution >= 4 is 26.1 Å². The molecule has 0 aliphatic rings. The van der Waals surface area contributed by atoms with Crippen LogP contribution in [0.15, 0.2) is 18.2 Å². The highest BCUT2D eigenvalue weighted by Gasteiger charge is 2.27. The van der Waals surface area contributed by atoms with Crippen LogP contribution >= 0.6 is 9.24 Å². The number of hydrogen-bond donors (Lipinski definition) is 0. The lowest BCUT2D eigenvalue weighted by atomic mass is 10.1. The number of carbonyl (C=O) groups is 1. The van der Waals surface area contributed by atoms with Crippen molar-refractivity contribution in [2.45, 2.75) is 0 Å². The zero-order valence-electron chi connectivity index (χ0n) is 7.25. The fraction of sp³-hybridized carbons (Fsp3) is 0. The van der Waals surface area contributed by atoms with E-state index in [1.807, 2.05) is 0 Å². The number of nitro benzene ring substituents is 2. The van der Waals surface area contributed by atoms with E-state index >= 15 is 0 Å². The van der Waals surface area contributed by atoms with Crippen LogP contribution < -0.4 is 0 Å². The Morgan fingerprint density at radius 2 is 1.53 bits per heavy atom. The van der Waals surface area contributed by atoms with Gasteiger partial charge in [0.05, 0.1) is 9.85 Å². The van der Waals surface area contributed by atoms with Crippen LogP contribution in [0.4, 0.5) is 11.4 Å². The fourth-order valence-corrected chi connectivity index (χ4v) is 1.38. The summed E-state index contributed by atoms with van der Waals surface area (Å²) in [5, 5.41) is 21.0. The quantitative estimate of drug-likeness (QED) is 0.443. The zero-order valence-corrected chi connectivity index (χ0v) is 8.40. The molecule has 15 heavy (non-hydrogen) atoms. The monoisotopic (exact) mass is 228 g/mol. The highest BCUT2D eigenvalue weighted by atomic mass is 31.0. The van der Waals surface area contributed by atoms with Crippen molar-refractivity contribution in [1.29, 1.82) is 0 Å². The Morgan fingerprint density at radius 3 is 1.80 bits per heavy atom. The van der Waals surface area contributed by atoms with Crippen molar-refractivity contribution in [2.24, 2.45) is 0 Å². The highest BCUT2D eigenvalue weighted by Crippen LogP contribution is 2.29. The summed E-state index contributed by atoms with van der Waals surface area (Å²) in [4.78, 5) is 30.4. The van der Waals surface area contributed by atoms with E-state index in [0.29, 0.717) is 0 Å². The van der Waals surface area contributed by atoms with Crippen molar-refractivity contribution in [3.8, 4) is 0 Å². The summed E-state index contributed by atoms with van der Waals surface area (Å²) in [5.41, 5.74) is -2.42. The minimum absolute atomic E-state index is 0.502. The predicted octanol–water partition coefficient (Wildman–Crippen LogP) is 1.52. The SMILES string of the molecule is O=C(P)c1c([N+](=O)[O-])cccc1[N+](=O)[O-]. The molecule has 8 heteroatoms. The van der Waals surface area contributed by atoms with Gasteiger partial charge < -0.3 is 0 Å². The Hall–Kier alpha value is -1.88. The second kappa shape index (κ2) is 4.10. The maximum Gasteiger partial charge on any atom is 0.287 e. The average Bonchev–Trinajstić information content (AvgIpc) is 2.16. The zero-order chi connectivity index (χ0) is 11.6. The van der Waals surface area contributed by atoms with E-state index in [2.05, 4.69) is 0 Å². The summed E-state index contributed by atoms with van der Waals surface area (Å²) in [6.45, 7) is 0. The van der Waals surface area contributed by atoms with Gasteiger partial charge in [-0.2, -0.15) is 0 Å². The van der Waals surface area contributed by atoms with Crippen LogP contribution in [0.1, 0.15) is 10.4 Å². The summed E-state index contributed by atoms with van der Waals surface area (Å²) >= 11 is 0. The number of nitrogens with zero attached hydrogens (tertiary/aromatic N) is 2. The molecule has 0 fully saturated rings. The van der Waals surface area contributed by atoms with Crippen LogP contribution in [0, 0.1) is 20.2 Å². The molecule has 1 unspecified atom stereocenters. The maximum absolute atomic E-state index is 11.0. The van der Waals surface area contributed by atoms with Crippen molar-refractivity contribution in [3.63, 3.8) is 0 Å². The third kappa shape index (κ3) is 2.13. The third-order valence-corrected chi connectivity index (χ3v) is 1.95. The molecule has 0 saturated carbocycles. The lowest BCUT2D eigenvalue weighted by molar-refractivity contribution is -0.394. The lowest BCUT2D eigenvalue weighted by Gasteiger charge is -1.99. The molecule has 7 nitrogen and oxygen atoms in total. The number of rotatable bonds is 3. The molecule has 1 aromatic carbocycles. The van der Waals surface area contributed by atoms with Crippen LogP contribution in [0.25, 0.3) is 0 Å². The van der Waals surface area contributed by atoms with Gasteiger partial charge in [0.1, 0.15) is 0 Å². The molecule has 0 N–H and O–H groups in total. The third-order valence-electron chi connectivity index (χ3n) is 1.66. The second-order valence-electron chi connectivity index (χ2n) is 2.55. The smallest absolute Gasteiger partial charge is 0.287 e. The minimum atomic E-state index is -0.829. The van der Waals surface area contributed by atoms with Crippen LogP contribution in [-0.4, -0.2) is 15.4 Å². The Balaban J connectivity index is 3.56. The maximum atomic E-state index is 11.0. The largest absolute Gasteiger partial charge is 0.289 e. The molecule has 0 spiro atoms. The van der Waals surface area contributed by atoms with Crippen LogP contribution in [0.5, 0.6) is 0 Å². The molecule has 0 heterocycles. The average molecular weight is 228 g/mol. The molecular formula is C7H5N2O5P. The van der Waals surface area contributed by atoms with Crippen LogP contribution in [0.2, 0.25) is 0 Å². The summed E-state index contributed by atoms with van der Waals surface area (Å²) in [6, 6.07) is 3.25. The number of benzene rings is 1. The van der Waals surface area contributed by atoms with E-state index in [9.17, 15) is 25.0 Å². The molecule has 1 aromatic rings. The summed E-state index contributed by atoms with van der Waals surface area (Å²) in [6.07, 6.45) is 0. The summed E-state index contributed by atoms with van der Waals surface area (Å²) in [5.74, 6) is 0. The Kier molecular flexibility index (Phi) is 3.06. The van der Waals surface area contributed by atoms with Gasteiger partial charge in [-0.15, -0.1) is 0 Å². The molecule has 0 aromatic heterocycles. The molecule has 0 amide bonds. The van der Waals surface area contributed by atoms with Crippen LogP contribution in [-0.2, 0) is 0 Å². The van der Waals surface area contributed by atoms with E-state index in [0.717, 1.165) is 18.2 Å². The molecule has 0 bridgehead atoms. The van der Waals surface area contributed by atoms with Crippen molar-refractivity contribution in [1.82, 2.24) is 0 Å². The first kappa shape index (κ1) is 11.2. The summed E-state index contributed by atoms with van der Waals surface area (Å²) < 4.78 is 0. The topological polar surface area (TPSA) is 103 Å². The van der Waals surface area contributed by atoms with Gasteiger partial charge in [0.2, 0.25) is 0 Å². The van der Waals surface area contributed by atoms with E-state index in [4.69, 9.17) is 0 Å². The Labute approximate surface area is 85.6 Å². The molecule has 0 aliphatic heterocycles. The van der Waals surface area contributed by atoms with E-state index in [1.165, 1.54) is 0 Å². The molecular weight excluding hydrogens is 223 g/mol. The van der Waals surface area contributed by atoms with Gasteiger partial charge in [-0.3, -0.25) is 25.0 Å². The van der Waals surface area contributed by atoms with Gasteiger partial charge in [0.25, 0.3) is 11.4 Å². The summed E-state index contributed by atoms with van der Waals surface area (Å²) in [7, 11) is 1.68. The fourth-order valence-electron chi connectivity index (χ4n) is 1.09. The van der Waals surface area contributed by atoms with Crippen molar-refractivity contribution < 1.29 is 14.6 Å². The van der Waals surface area contributed by atoms with E-state index in [1.54, 1.807) is 9.24 Å². The number of nitro groups is 2. The van der Waals surface area contributed by atoms with Gasteiger partial charge >= 0.3 is 0 Å². The number of carbonyl (C=O) groups excluding carboxylic acids is 1. The van der Waals surface area contributed by atoms with Crippen molar-refractivity contribution in [3.05, 3.63) is 44.0 Å². The molecule has 1 atom stereocenters. The molecule has 0 saturated heterocycles.